The van der Waals surface area contributed by atoms with Crippen LogP contribution in [-0.2, 0) is 19.3 Å². The van der Waals surface area contributed by atoms with Gasteiger partial charge < -0.3 is 30.3 Å². The molecule has 0 amide bonds. The number of ether oxygens (including phenoxy) is 1. The fourth-order valence-corrected chi connectivity index (χ4v) is 4.83. The maximum Gasteiger partial charge on any atom is 0.127 e. The lowest BCUT2D eigenvalue weighted by atomic mass is 9.95. The Labute approximate surface area is 246 Å². The minimum atomic E-state index is -1.35. The number of aromatic hydroxyl groups is 3. The molecule has 216 valence electrons. The van der Waals surface area contributed by atoms with E-state index in [4.69, 9.17) is 4.74 Å². The Morgan fingerprint density at radius 2 is 1.00 bits per heavy atom. The van der Waals surface area contributed by atoms with Crippen molar-refractivity contribution in [3.05, 3.63) is 133 Å². The summed E-state index contributed by atoms with van der Waals surface area (Å²) in [6.45, 7) is 11.1. The van der Waals surface area contributed by atoms with Gasteiger partial charge in [-0.3, -0.25) is 0 Å². The van der Waals surface area contributed by atoms with Crippen LogP contribution in [0.25, 0.3) is 22.3 Å². The van der Waals surface area contributed by atoms with Crippen molar-refractivity contribution < 1.29 is 30.3 Å². The molecule has 0 aliphatic carbocycles. The van der Waals surface area contributed by atoms with Gasteiger partial charge in [-0.25, -0.2) is 0 Å². The van der Waals surface area contributed by atoms with E-state index in [1.54, 1.807) is 48.6 Å². The Balaban J connectivity index is 1.60. The maximum atomic E-state index is 11.0. The molecule has 0 unspecified atom stereocenters. The van der Waals surface area contributed by atoms with E-state index in [0.717, 1.165) is 16.7 Å². The minimum Gasteiger partial charge on any atom is -0.507 e. The highest BCUT2D eigenvalue weighted by Crippen LogP contribution is 2.40. The maximum absolute atomic E-state index is 11.0. The van der Waals surface area contributed by atoms with E-state index in [9.17, 15) is 25.5 Å². The highest BCUT2D eigenvalue weighted by molar-refractivity contribution is 5.77. The predicted molar refractivity (Wildman–Crippen MR) is 167 cm³/mol. The molecule has 42 heavy (non-hydrogen) atoms. The summed E-state index contributed by atoms with van der Waals surface area (Å²) in [6.07, 6.45) is 4.47. The number of rotatable bonds is 13. The average molecular weight is 565 g/mol. The normalized spacial score (nSPS) is 12.3. The van der Waals surface area contributed by atoms with Gasteiger partial charge in [0.15, 0.2) is 0 Å². The van der Waals surface area contributed by atoms with Gasteiger partial charge in [-0.15, -0.1) is 19.7 Å². The first-order valence-corrected chi connectivity index (χ1v) is 13.7. The van der Waals surface area contributed by atoms with Crippen molar-refractivity contribution in [3.8, 4) is 45.3 Å². The van der Waals surface area contributed by atoms with E-state index in [1.165, 1.54) is 18.2 Å². The lowest BCUT2D eigenvalue weighted by molar-refractivity contribution is -0.00888. The van der Waals surface area contributed by atoms with E-state index < -0.39 is 12.2 Å². The summed E-state index contributed by atoms with van der Waals surface area (Å²) in [5, 5.41) is 53.7. The quantitative estimate of drug-likeness (QED) is 0.114. The fourth-order valence-electron chi connectivity index (χ4n) is 4.83. The minimum absolute atomic E-state index is 0.0264. The average Bonchev–Trinajstić information content (AvgIpc) is 2.98. The van der Waals surface area contributed by atoms with E-state index in [2.05, 4.69) is 19.7 Å². The molecule has 0 aromatic heterocycles. The lowest BCUT2D eigenvalue weighted by Gasteiger charge is -2.21. The molecule has 0 fully saturated rings. The van der Waals surface area contributed by atoms with Crippen molar-refractivity contribution in [2.45, 2.75) is 31.5 Å². The Hall–Kier alpha value is -4.78. The van der Waals surface area contributed by atoms with E-state index in [1.807, 2.05) is 24.3 Å². The molecule has 5 N–H and O–H groups in total. The first kappa shape index (κ1) is 30.2. The second-order valence-corrected chi connectivity index (χ2v) is 10.1. The van der Waals surface area contributed by atoms with Gasteiger partial charge in [0, 0.05) is 22.3 Å². The van der Waals surface area contributed by atoms with Gasteiger partial charge in [-0.05, 0) is 90.0 Å². The van der Waals surface area contributed by atoms with Crippen molar-refractivity contribution in [1.82, 2.24) is 0 Å². The number of hydrogen-bond donors (Lipinski definition) is 5. The Morgan fingerprint density at radius 3 is 1.52 bits per heavy atom. The predicted octanol–water partition coefficient (Wildman–Crippen LogP) is 6.80. The highest BCUT2D eigenvalue weighted by Gasteiger charge is 2.23. The molecule has 6 heteroatoms. The summed E-state index contributed by atoms with van der Waals surface area (Å²) in [7, 11) is 0. The molecule has 0 saturated heterocycles. The third kappa shape index (κ3) is 6.92. The standard InChI is InChI=1S/C36H36O6/c1-4-7-23-10-14-31(37)27(18-23)29-21-26(13-16-33(29)39)36(41)34(40)22-42-35-17-12-25(9-6-3)20-30(35)28-19-24(8-5-2)11-15-32(28)38/h4-6,10-21,34,36-41H,1-3,7-9,22H2/t34-,36-/m1/s1. The van der Waals surface area contributed by atoms with Gasteiger partial charge in [0.05, 0.1) is 0 Å². The second kappa shape index (κ2) is 13.7. The van der Waals surface area contributed by atoms with Gasteiger partial charge in [-0.1, -0.05) is 42.5 Å². The van der Waals surface area contributed by atoms with Crippen LogP contribution in [0.15, 0.2) is 111 Å². The van der Waals surface area contributed by atoms with Crippen molar-refractivity contribution in [2.75, 3.05) is 6.61 Å². The zero-order chi connectivity index (χ0) is 30.2. The van der Waals surface area contributed by atoms with Crippen molar-refractivity contribution in [3.63, 3.8) is 0 Å². The van der Waals surface area contributed by atoms with Crippen LogP contribution in [0.5, 0.6) is 23.0 Å². The molecule has 0 radical (unpaired) electrons. The van der Waals surface area contributed by atoms with E-state index >= 15 is 0 Å². The van der Waals surface area contributed by atoms with Crippen LogP contribution < -0.4 is 4.74 Å². The SMILES string of the molecule is C=CCc1ccc(O)c(-c2cc([C@@H](O)[C@H](O)COc3ccc(CC=C)cc3-c3cc(CC=C)ccc3O)ccc2O)c1. The van der Waals surface area contributed by atoms with Crippen LogP contribution in [0.1, 0.15) is 28.4 Å². The van der Waals surface area contributed by atoms with Gasteiger partial charge in [-0.2, -0.15) is 0 Å². The summed E-state index contributed by atoms with van der Waals surface area (Å²) in [5.74, 6) is 0.406. The van der Waals surface area contributed by atoms with Gasteiger partial charge in [0.25, 0.3) is 0 Å². The second-order valence-electron chi connectivity index (χ2n) is 10.1. The number of phenolic OH excluding ortho intramolecular Hbond substituents is 3. The van der Waals surface area contributed by atoms with Crippen LogP contribution in [0, 0.1) is 0 Å². The van der Waals surface area contributed by atoms with Crippen LogP contribution in [-0.4, -0.2) is 38.2 Å². The Morgan fingerprint density at radius 1 is 0.571 bits per heavy atom. The number of benzene rings is 4. The Kier molecular flexibility index (Phi) is 9.86. The summed E-state index contributed by atoms with van der Waals surface area (Å²) < 4.78 is 6.02. The lowest BCUT2D eigenvalue weighted by Crippen LogP contribution is -2.25. The first-order chi connectivity index (χ1) is 20.2. The fraction of sp³-hybridized carbons (Fsp3) is 0.167. The van der Waals surface area contributed by atoms with Crippen molar-refractivity contribution in [2.24, 2.45) is 0 Å². The molecule has 4 aromatic rings. The number of aliphatic hydroxyl groups excluding tert-OH is 2. The smallest absolute Gasteiger partial charge is 0.127 e. The molecule has 0 bridgehead atoms. The topological polar surface area (TPSA) is 110 Å². The molecule has 0 heterocycles. The highest BCUT2D eigenvalue weighted by atomic mass is 16.5. The van der Waals surface area contributed by atoms with Gasteiger partial charge in [0.1, 0.15) is 41.8 Å². The Bertz CT molecular complexity index is 1590. The molecule has 6 nitrogen and oxygen atoms in total. The molecule has 0 saturated carbocycles. The monoisotopic (exact) mass is 564 g/mol. The summed E-state index contributed by atoms with van der Waals surface area (Å²) in [5.41, 5.74) is 5.10. The summed E-state index contributed by atoms with van der Waals surface area (Å²) in [6, 6.07) is 20.4. The first-order valence-electron chi connectivity index (χ1n) is 13.7. The number of hydrogen-bond acceptors (Lipinski definition) is 6. The van der Waals surface area contributed by atoms with Crippen LogP contribution in [0.2, 0.25) is 0 Å². The molecular weight excluding hydrogens is 528 g/mol. The molecule has 4 aromatic carbocycles. The third-order valence-electron chi connectivity index (χ3n) is 7.02. The summed E-state index contributed by atoms with van der Waals surface area (Å²) in [4.78, 5) is 0. The molecule has 0 aliphatic rings. The molecule has 0 spiro atoms. The zero-order valence-electron chi connectivity index (χ0n) is 23.4. The summed E-state index contributed by atoms with van der Waals surface area (Å²) >= 11 is 0. The molecule has 0 aliphatic heterocycles. The van der Waals surface area contributed by atoms with Crippen molar-refractivity contribution in [1.29, 1.82) is 0 Å². The van der Waals surface area contributed by atoms with Crippen LogP contribution >= 0.6 is 0 Å². The zero-order valence-corrected chi connectivity index (χ0v) is 23.4. The van der Waals surface area contributed by atoms with Crippen LogP contribution in [0.4, 0.5) is 0 Å². The molecule has 2 atom stereocenters. The number of phenols is 3. The molecule has 4 rings (SSSR count). The molecular formula is C36H36O6. The van der Waals surface area contributed by atoms with Crippen molar-refractivity contribution >= 4 is 0 Å². The van der Waals surface area contributed by atoms with Crippen LogP contribution in [0.3, 0.4) is 0 Å². The number of aliphatic hydroxyl groups is 2. The largest absolute Gasteiger partial charge is 0.507 e. The number of allylic oxidation sites excluding steroid dienone is 3. The van der Waals surface area contributed by atoms with Gasteiger partial charge >= 0.3 is 0 Å². The van der Waals surface area contributed by atoms with E-state index in [0.29, 0.717) is 52.8 Å². The van der Waals surface area contributed by atoms with Gasteiger partial charge in [0.2, 0.25) is 0 Å². The van der Waals surface area contributed by atoms with E-state index in [-0.39, 0.29) is 23.9 Å². The third-order valence-corrected chi connectivity index (χ3v) is 7.02.